The van der Waals surface area contributed by atoms with Gasteiger partial charge in [0.15, 0.2) is 0 Å². The first-order valence-corrected chi connectivity index (χ1v) is 41.7. The minimum Gasteiger partial charge on any atom is -0.460 e. The Hall–Kier alpha value is -8.65. The second-order valence-corrected chi connectivity index (χ2v) is 40.5. The Morgan fingerprint density at radius 2 is 0.398 bits per heavy atom. The second kappa shape index (κ2) is 43.0. The molecule has 1 aliphatic carbocycles. The van der Waals surface area contributed by atoms with Crippen molar-refractivity contribution < 1.29 is 110 Å². The fraction of sp³-hybridized carbons (Fsp3) is 0.725. The highest BCUT2D eigenvalue weighted by Crippen LogP contribution is 2.45. The summed E-state index contributed by atoms with van der Waals surface area (Å²) < 4.78 is 58.2. The van der Waals surface area contributed by atoms with Gasteiger partial charge in [-0.1, -0.05) is 48.5 Å². The Balaban J connectivity index is 2.58. The number of hydrogen-bond acceptors (Lipinski definition) is 23. The molecule has 0 radical (unpaired) electrons. The number of benzene rings is 2. The van der Waals surface area contributed by atoms with E-state index in [-0.39, 0.29) is 122 Å². The summed E-state index contributed by atoms with van der Waals surface area (Å²) in [5.74, 6) is -8.65. The molecular formula is C91H144N4O23. The van der Waals surface area contributed by atoms with Gasteiger partial charge in [-0.05, 0) is 286 Å². The van der Waals surface area contributed by atoms with Gasteiger partial charge in [-0.2, -0.15) is 0 Å². The molecule has 0 atom stereocenters. The highest BCUT2D eigenvalue weighted by molar-refractivity contribution is 5.83. The van der Waals surface area contributed by atoms with E-state index in [0.29, 0.717) is 0 Å². The smallest absolute Gasteiger partial charge is 0.407 e. The van der Waals surface area contributed by atoms with E-state index < -0.39 is 195 Å². The van der Waals surface area contributed by atoms with Gasteiger partial charge in [0.05, 0.1) is 0 Å². The van der Waals surface area contributed by atoms with E-state index in [1.807, 2.05) is 48.5 Å². The molecule has 0 unspecified atom stereocenters. The molecule has 2 aromatic carbocycles. The summed E-state index contributed by atoms with van der Waals surface area (Å²) in [6.45, 7) is 45.3. The molecule has 0 aromatic heterocycles. The molecule has 666 valence electrons. The number of rotatable bonds is 42. The number of fused-ring (bicyclic) bond motifs is 3. The number of nitrogens with one attached hydrogen (secondary N) is 4. The van der Waals surface area contributed by atoms with Crippen molar-refractivity contribution in [3.8, 4) is 11.1 Å². The van der Waals surface area contributed by atoms with Gasteiger partial charge < -0.3 is 68.6 Å². The van der Waals surface area contributed by atoms with Crippen molar-refractivity contribution in [1.82, 2.24) is 21.3 Å². The van der Waals surface area contributed by atoms with E-state index in [2.05, 4.69) is 21.3 Å². The van der Waals surface area contributed by atoms with Gasteiger partial charge in [-0.15, -0.1) is 0 Å². The summed E-state index contributed by atoms with van der Waals surface area (Å²) >= 11 is 0. The van der Waals surface area contributed by atoms with Gasteiger partial charge in [-0.25, -0.2) is 4.79 Å². The van der Waals surface area contributed by atoms with Crippen LogP contribution in [0.3, 0.4) is 0 Å². The van der Waals surface area contributed by atoms with Gasteiger partial charge in [0.1, 0.15) is 57.0 Å². The molecule has 0 saturated carbocycles. The summed E-state index contributed by atoms with van der Waals surface area (Å²) in [7, 11) is 0. The van der Waals surface area contributed by atoms with Crippen molar-refractivity contribution in [2.75, 3.05) is 6.61 Å². The van der Waals surface area contributed by atoms with Crippen LogP contribution < -0.4 is 21.3 Å². The molecule has 4 N–H and O–H groups in total. The Morgan fingerprint density at radius 1 is 0.237 bits per heavy atom. The van der Waals surface area contributed by atoms with Crippen LogP contribution in [-0.4, -0.2) is 157 Å². The van der Waals surface area contributed by atoms with Crippen molar-refractivity contribution in [2.24, 2.45) is 0 Å². The van der Waals surface area contributed by atoms with Crippen LogP contribution in [0.4, 0.5) is 4.79 Å². The third-order valence-corrected chi connectivity index (χ3v) is 18.5. The maximum Gasteiger partial charge on any atom is 0.407 e. The third-order valence-electron chi connectivity index (χ3n) is 18.5. The number of ether oxygens (including phenoxy) is 10. The molecule has 0 saturated heterocycles. The average molecular weight is 1660 g/mol. The molecule has 27 heteroatoms. The molecule has 0 fully saturated rings. The number of carbonyl (C=O) groups is 13. The van der Waals surface area contributed by atoms with E-state index in [9.17, 15) is 43.2 Å². The molecule has 118 heavy (non-hydrogen) atoms. The molecule has 0 heterocycles. The highest BCUT2D eigenvalue weighted by atomic mass is 16.6. The summed E-state index contributed by atoms with van der Waals surface area (Å²) in [6, 6.07) is 15.3. The van der Waals surface area contributed by atoms with Crippen molar-refractivity contribution in [3.63, 3.8) is 0 Å². The first kappa shape index (κ1) is 104. The van der Waals surface area contributed by atoms with Crippen molar-refractivity contribution in [2.45, 2.75) is 420 Å². The predicted molar refractivity (Wildman–Crippen MR) is 447 cm³/mol. The zero-order chi connectivity index (χ0) is 90.1. The predicted octanol–water partition coefficient (Wildman–Crippen LogP) is 16.3. The van der Waals surface area contributed by atoms with Crippen LogP contribution in [0, 0.1) is 0 Å². The average Bonchev–Trinajstić information content (AvgIpc) is 1.61. The molecule has 0 aliphatic heterocycles. The van der Waals surface area contributed by atoms with Crippen LogP contribution >= 0.6 is 0 Å². The number of hydrogen-bond donors (Lipinski definition) is 4. The summed E-state index contributed by atoms with van der Waals surface area (Å²) in [5, 5.41) is 12.4. The maximum absolute atomic E-state index is 15.7. The first-order chi connectivity index (χ1) is 53.7. The van der Waals surface area contributed by atoms with Crippen LogP contribution in [0.5, 0.6) is 0 Å². The molecule has 27 nitrogen and oxygen atoms in total. The van der Waals surface area contributed by atoms with Gasteiger partial charge in [0, 0.05) is 105 Å². The lowest BCUT2D eigenvalue weighted by Gasteiger charge is -2.39. The fourth-order valence-electron chi connectivity index (χ4n) is 13.8. The molecule has 3 rings (SSSR count). The van der Waals surface area contributed by atoms with Gasteiger partial charge >= 0.3 is 59.8 Å². The quantitative estimate of drug-likeness (QED) is 0.0354. The second-order valence-electron chi connectivity index (χ2n) is 40.5. The SMILES string of the molecule is CC(C)(C)OC(=O)CCC(CCC(=O)OC(C)(C)C)(CCC(=O)OC(C)(C)C)NC(=O)CCC(CCC(=O)NC(CCC(=O)OC(C)(C)C)(CCC(=O)OC(C)(C)C)CCC(=O)OC(C)(C)C)(CCC(=O)NC(CCC(=O)OC(C)(C)C)(CCC(=O)OC(C)(C)C)CCC(=O)OC(C)(C)C)NC(=O)OCC1c2ccccc2-c2ccccc21. The monoisotopic (exact) mass is 1660 g/mol. The van der Waals surface area contributed by atoms with E-state index in [0.717, 1.165) is 22.3 Å². The van der Waals surface area contributed by atoms with Crippen molar-refractivity contribution in [3.05, 3.63) is 59.7 Å². The fourth-order valence-corrected chi connectivity index (χ4v) is 13.8. The zero-order valence-corrected chi connectivity index (χ0v) is 76.3. The van der Waals surface area contributed by atoms with E-state index in [4.69, 9.17) is 47.4 Å². The molecule has 0 spiro atoms. The summed E-state index contributed by atoms with van der Waals surface area (Å²) in [6.07, 6.45) is -8.51. The number of amides is 4. The first-order valence-electron chi connectivity index (χ1n) is 41.7. The van der Waals surface area contributed by atoms with E-state index in [1.165, 1.54) is 0 Å². The lowest BCUT2D eigenvalue weighted by molar-refractivity contribution is -0.158. The highest BCUT2D eigenvalue weighted by Gasteiger charge is 2.44. The van der Waals surface area contributed by atoms with Crippen LogP contribution in [0.15, 0.2) is 48.5 Å². The van der Waals surface area contributed by atoms with E-state index >= 15 is 19.2 Å². The van der Waals surface area contributed by atoms with Gasteiger partial charge in [-0.3, -0.25) is 57.5 Å². The Labute approximate surface area is 702 Å². The summed E-state index contributed by atoms with van der Waals surface area (Å²) in [4.78, 5) is 187. The molecule has 4 amide bonds. The van der Waals surface area contributed by atoms with Crippen LogP contribution in [0.1, 0.15) is 358 Å². The lowest BCUT2D eigenvalue weighted by atomic mass is 9.80. The number of esters is 9. The normalized spacial score (nSPS) is 13.3. The topological polar surface area (TPSA) is 362 Å². The third kappa shape index (κ3) is 43.4. The Morgan fingerprint density at radius 3 is 0.576 bits per heavy atom. The summed E-state index contributed by atoms with van der Waals surface area (Å²) in [5.41, 5.74) is -11.6. The van der Waals surface area contributed by atoms with Gasteiger partial charge in [0.25, 0.3) is 0 Å². The number of carbonyl (C=O) groups excluding carboxylic acids is 13. The molecule has 0 bridgehead atoms. The van der Waals surface area contributed by atoms with Crippen molar-refractivity contribution >= 4 is 77.5 Å². The Kier molecular flexibility index (Phi) is 37.8. The largest absolute Gasteiger partial charge is 0.460 e. The molecular weight excluding hydrogens is 1520 g/mol. The standard InChI is InChI=1S/C91H144N4O23/c1-79(2,3)110-69(99)39-51-88(52-40-70(100)111-80(4,5)6,53-41-71(101)112-81(7,8)9)92-66(96)36-48-91(95-78(108)109-60-65-63-34-30-28-32-61(63)62-33-29-31-35-64(62)65,49-37-67(97)93-89(54-42-72(102)113-82(10,11)12,55-43-73(103)114-83(13,14)15)56-44-74(104)115-84(16,17)18)50-38-68(98)94-90(57-45-75(105)116-85(19,20)21,58-46-76(106)117-86(22,23)24)59-47-77(107)118-87(25,26)27/h28-35,65H,36-60H2,1-27H3,(H,92,96)(H,93,97)(H,94,98)(H,95,108). The Bertz CT molecular complexity index is 3180. The number of alkyl carbamates (subject to hydrolysis) is 1. The van der Waals surface area contributed by atoms with Crippen LogP contribution in [-0.2, 0) is 105 Å². The van der Waals surface area contributed by atoms with Crippen molar-refractivity contribution in [1.29, 1.82) is 0 Å². The van der Waals surface area contributed by atoms with Crippen LogP contribution in [0.2, 0.25) is 0 Å². The van der Waals surface area contributed by atoms with E-state index in [1.54, 1.807) is 187 Å². The van der Waals surface area contributed by atoms with Crippen LogP contribution in [0.25, 0.3) is 11.1 Å². The lowest BCUT2D eigenvalue weighted by Crippen LogP contribution is -2.54. The maximum atomic E-state index is 15.7. The molecule has 2 aromatic rings. The zero-order valence-electron chi connectivity index (χ0n) is 76.3. The minimum atomic E-state index is -1.90. The molecule has 1 aliphatic rings. The van der Waals surface area contributed by atoms with Gasteiger partial charge in [0.2, 0.25) is 17.7 Å². The minimum absolute atomic E-state index is 0.183.